The molecule has 1 amide bonds. The van der Waals surface area contributed by atoms with Crippen molar-refractivity contribution in [3.63, 3.8) is 0 Å². The molecule has 2 saturated heterocycles. The molecule has 122 valence electrons. The molecule has 21 heavy (non-hydrogen) atoms. The monoisotopic (exact) mass is 310 g/mol. The van der Waals surface area contributed by atoms with Gasteiger partial charge in [-0.15, -0.1) is 0 Å². The molecule has 2 aliphatic heterocycles. The Balaban J connectivity index is 2.15. The molecule has 0 spiro atoms. The molecule has 8 heteroatoms. The van der Waals surface area contributed by atoms with Crippen molar-refractivity contribution >= 4 is 6.09 Å². The Labute approximate surface area is 121 Å². The van der Waals surface area contributed by atoms with Gasteiger partial charge in [0.25, 0.3) is 0 Å². The summed E-state index contributed by atoms with van der Waals surface area (Å²) in [5, 5.41) is 12.2. The van der Waals surface area contributed by atoms with E-state index in [0.29, 0.717) is 12.8 Å². The topological polar surface area (TPSA) is 61.8 Å². The van der Waals surface area contributed by atoms with E-state index in [0.717, 1.165) is 0 Å². The van der Waals surface area contributed by atoms with Gasteiger partial charge in [0, 0.05) is 12.6 Å². The zero-order chi connectivity index (χ0) is 16.0. The molecule has 4 atom stereocenters. The van der Waals surface area contributed by atoms with Crippen LogP contribution in [0.15, 0.2) is 0 Å². The number of alkyl halides is 3. The summed E-state index contributed by atoms with van der Waals surface area (Å²) < 4.78 is 43.5. The maximum absolute atomic E-state index is 12.7. The van der Waals surface area contributed by atoms with Gasteiger partial charge in [-0.05, 0) is 33.6 Å². The number of aliphatic hydroxyl groups excluding tert-OH is 1. The van der Waals surface area contributed by atoms with Crippen molar-refractivity contribution < 1.29 is 27.8 Å². The van der Waals surface area contributed by atoms with Crippen LogP contribution in [0.1, 0.15) is 33.6 Å². The van der Waals surface area contributed by atoms with Crippen LogP contribution in [0.5, 0.6) is 0 Å². The van der Waals surface area contributed by atoms with E-state index in [1.165, 1.54) is 4.90 Å². The van der Waals surface area contributed by atoms with E-state index in [-0.39, 0.29) is 12.6 Å². The van der Waals surface area contributed by atoms with Crippen LogP contribution in [0.3, 0.4) is 0 Å². The van der Waals surface area contributed by atoms with E-state index < -0.39 is 36.1 Å². The first-order valence-corrected chi connectivity index (χ1v) is 7.00. The lowest BCUT2D eigenvalue weighted by atomic mass is 9.99. The zero-order valence-electron chi connectivity index (χ0n) is 12.3. The van der Waals surface area contributed by atoms with Gasteiger partial charge in [-0.25, -0.2) is 4.79 Å². The average molecular weight is 310 g/mol. The number of hydrogen-bond donors (Lipinski definition) is 2. The van der Waals surface area contributed by atoms with Crippen LogP contribution in [-0.2, 0) is 4.74 Å². The number of aliphatic hydroxyl groups is 1. The number of halogens is 3. The first-order chi connectivity index (χ1) is 9.50. The minimum absolute atomic E-state index is 0.179. The van der Waals surface area contributed by atoms with Crippen molar-refractivity contribution in [3.8, 4) is 0 Å². The minimum atomic E-state index is -4.72. The molecule has 0 saturated carbocycles. The van der Waals surface area contributed by atoms with E-state index in [1.807, 2.05) is 0 Å². The molecule has 2 bridgehead atoms. The fourth-order valence-electron chi connectivity index (χ4n) is 3.00. The maximum atomic E-state index is 12.7. The minimum Gasteiger partial charge on any atom is -0.444 e. The van der Waals surface area contributed by atoms with E-state index in [4.69, 9.17) is 4.74 Å². The predicted molar refractivity (Wildman–Crippen MR) is 68.7 cm³/mol. The third kappa shape index (κ3) is 3.42. The SMILES string of the molecule is CC(C)(C)OC(=O)N1[C@@H]2CC[C@H]1[C@@H]([C@@H](O)C(F)(F)F)NC2. The number of fused-ring (bicyclic) bond motifs is 2. The summed E-state index contributed by atoms with van der Waals surface area (Å²) in [5.74, 6) is 0. The van der Waals surface area contributed by atoms with Crippen molar-refractivity contribution in [1.82, 2.24) is 10.2 Å². The first-order valence-electron chi connectivity index (χ1n) is 7.00. The molecule has 0 aliphatic carbocycles. The zero-order valence-corrected chi connectivity index (χ0v) is 12.3. The summed E-state index contributed by atoms with van der Waals surface area (Å²) >= 11 is 0. The van der Waals surface area contributed by atoms with E-state index >= 15 is 0 Å². The summed E-state index contributed by atoms with van der Waals surface area (Å²) in [4.78, 5) is 13.6. The summed E-state index contributed by atoms with van der Waals surface area (Å²) in [6.07, 6.45) is -6.79. The third-order valence-corrected chi connectivity index (χ3v) is 3.83. The van der Waals surface area contributed by atoms with Gasteiger partial charge < -0.3 is 15.2 Å². The van der Waals surface area contributed by atoms with Crippen LogP contribution in [0.25, 0.3) is 0 Å². The highest BCUT2D eigenvalue weighted by atomic mass is 19.4. The van der Waals surface area contributed by atoms with Crippen LogP contribution < -0.4 is 5.32 Å². The molecule has 0 aromatic heterocycles. The van der Waals surface area contributed by atoms with Crippen molar-refractivity contribution in [2.24, 2.45) is 0 Å². The number of hydrogen-bond acceptors (Lipinski definition) is 4. The number of carbonyl (C=O) groups excluding carboxylic acids is 1. The summed E-state index contributed by atoms with van der Waals surface area (Å²) in [6.45, 7) is 5.35. The highest BCUT2D eigenvalue weighted by Crippen LogP contribution is 2.35. The highest BCUT2D eigenvalue weighted by molar-refractivity contribution is 5.70. The lowest BCUT2D eigenvalue weighted by Gasteiger charge is -2.42. The Bertz CT molecular complexity index is 408. The summed E-state index contributed by atoms with van der Waals surface area (Å²) in [7, 11) is 0. The fraction of sp³-hybridized carbons (Fsp3) is 0.923. The number of nitrogens with zero attached hydrogens (tertiary/aromatic N) is 1. The van der Waals surface area contributed by atoms with E-state index in [1.54, 1.807) is 20.8 Å². The van der Waals surface area contributed by atoms with Gasteiger partial charge >= 0.3 is 12.3 Å². The van der Waals surface area contributed by atoms with Crippen LogP contribution in [-0.4, -0.2) is 58.7 Å². The van der Waals surface area contributed by atoms with Gasteiger partial charge in [0.15, 0.2) is 6.10 Å². The molecule has 2 N–H and O–H groups in total. The van der Waals surface area contributed by atoms with Crippen LogP contribution in [0.4, 0.5) is 18.0 Å². The molecular formula is C13H21F3N2O3. The smallest absolute Gasteiger partial charge is 0.415 e. The number of amides is 1. The van der Waals surface area contributed by atoms with Gasteiger partial charge in [0.05, 0.1) is 12.1 Å². The molecule has 5 nitrogen and oxygen atoms in total. The molecule has 2 rings (SSSR count). The second-order valence-corrected chi connectivity index (χ2v) is 6.61. The Morgan fingerprint density at radius 3 is 2.48 bits per heavy atom. The van der Waals surface area contributed by atoms with E-state index in [2.05, 4.69) is 5.32 Å². The molecule has 2 aliphatic rings. The lowest BCUT2D eigenvalue weighted by Crippen LogP contribution is -2.65. The first kappa shape index (κ1) is 16.4. The Kier molecular flexibility index (Phi) is 4.14. The van der Waals surface area contributed by atoms with Crippen molar-refractivity contribution in [3.05, 3.63) is 0 Å². The Hall–Kier alpha value is -1.02. The number of piperazine rings is 1. The van der Waals surface area contributed by atoms with Crippen LogP contribution >= 0.6 is 0 Å². The van der Waals surface area contributed by atoms with Gasteiger partial charge in [0.1, 0.15) is 5.60 Å². The molecular weight excluding hydrogens is 289 g/mol. The summed E-state index contributed by atoms with van der Waals surface area (Å²) in [6, 6.07) is -2.09. The molecule has 0 aromatic carbocycles. The molecule has 0 radical (unpaired) electrons. The summed E-state index contributed by atoms with van der Waals surface area (Å²) in [5.41, 5.74) is -0.709. The molecule has 0 aromatic rings. The molecule has 2 fully saturated rings. The standard InChI is InChI=1S/C13H21F3N2O3/c1-12(2,3)21-11(20)18-7-4-5-8(18)9(17-6-7)10(19)13(14,15)16/h7-10,17,19H,4-6H2,1-3H3/t7-,8+,9+,10-/m1/s1. The Morgan fingerprint density at radius 2 is 1.95 bits per heavy atom. The van der Waals surface area contributed by atoms with Crippen LogP contribution in [0, 0.1) is 0 Å². The molecule has 2 heterocycles. The molecule has 0 unspecified atom stereocenters. The van der Waals surface area contributed by atoms with Crippen molar-refractivity contribution in [2.75, 3.05) is 6.54 Å². The highest BCUT2D eigenvalue weighted by Gasteiger charge is 2.54. The van der Waals surface area contributed by atoms with Crippen molar-refractivity contribution in [1.29, 1.82) is 0 Å². The van der Waals surface area contributed by atoms with E-state index in [9.17, 15) is 23.1 Å². The number of nitrogens with one attached hydrogen (secondary N) is 1. The largest absolute Gasteiger partial charge is 0.444 e. The number of rotatable bonds is 1. The predicted octanol–water partition coefficient (Wildman–Crippen LogP) is 1.65. The second kappa shape index (κ2) is 5.31. The average Bonchev–Trinajstić information content (AvgIpc) is 2.60. The maximum Gasteiger partial charge on any atom is 0.415 e. The van der Waals surface area contributed by atoms with Gasteiger partial charge in [0.2, 0.25) is 0 Å². The fourth-order valence-corrected chi connectivity index (χ4v) is 3.00. The van der Waals surface area contributed by atoms with Crippen LogP contribution in [0.2, 0.25) is 0 Å². The number of carbonyl (C=O) groups is 1. The van der Waals surface area contributed by atoms with Gasteiger partial charge in [-0.1, -0.05) is 0 Å². The third-order valence-electron chi connectivity index (χ3n) is 3.83. The number of ether oxygens (including phenoxy) is 1. The van der Waals surface area contributed by atoms with Gasteiger partial charge in [-0.3, -0.25) is 4.90 Å². The van der Waals surface area contributed by atoms with Gasteiger partial charge in [-0.2, -0.15) is 13.2 Å². The Morgan fingerprint density at radius 1 is 1.33 bits per heavy atom. The quantitative estimate of drug-likeness (QED) is 0.773. The second-order valence-electron chi connectivity index (χ2n) is 6.61. The van der Waals surface area contributed by atoms with Crippen molar-refractivity contribution in [2.45, 2.75) is 69.6 Å². The lowest BCUT2D eigenvalue weighted by molar-refractivity contribution is -0.218. The normalized spacial score (nSPS) is 31.2.